The molecule has 0 spiro atoms. The minimum atomic E-state index is -1.06. The fraction of sp³-hybridized carbons (Fsp3) is 0.158. The lowest BCUT2D eigenvalue weighted by Crippen LogP contribution is -2.46. The zero-order valence-corrected chi connectivity index (χ0v) is 15.3. The predicted molar refractivity (Wildman–Crippen MR) is 100 cm³/mol. The number of hydrogen-bond donors (Lipinski definition) is 2. The summed E-state index contributed by atoms with van der Waals surface area (Å²) in [6.07, 6.45) is 0. The summed E-state index contributed by atoms with van der Waals surface area (Å²) in [5.74, 6) is -2.97. The van der Waals surface area contributed by atoms with Crippen LogP contribution in [0.4, 0.5) is 18.9 Å². The number of thiocarbonyl (C=S) groups is 1. The average Bonchev–Trinajstić information content (AvgIpc) is 2.63. The van der Waals surface area contributed by atoms with Crippen molar-refractivity contribution in [1.82, 2.24) is 10.2 Å². The van der Waals surface area contributed by atoms with Crippen LogP contribution in [0.5, 0.6) is 0 Å². The van der Waals surface area contributed by atoms with Crippen LogP contribution in [0.2, 0.25) is 0 Å². The van der Waals surface area contributed by atoms with Crippen LogP contribution >= 0.6 is 12.2 Å². The molecule has 1 unspecified atom stereocenters. The van der Waals surface area contributed by atoms with E-state index < -0.39 is 29.4 Å². The topological polar surface area (TPSA) is 44.4 Å². The molecule has 2 aromatic carbocycles. The van der Waals surface area contributed by atoms with E-state index in [2.05, 4.69) is 10.6 Å². The number of benzene rings is 2. The lowest BCUT2D eigenvalue weighted by atomic mass is 9.94. The highest BCUT2D eigenvalue weighted by molar-refractivity contribution is 7.80. The van der Waals surface area contributed by atoms with Gasteiger partial charge in [0.2, 0.25) is 0 Å². The number of amides is 1. The first-order valence-corrected chi connectivity index (χ1v) is 8.45. The number of anilines is 1. The molecule has 3 rings (SSSR count). The van der Waals surface area contributed by atoms with Crippen LogP contribution in [0.25, 0.3) is 0 Å². The van der Waals surface area contributed by atoms with Gasteiger partial charge in [0.15, 0.2) is 16.7 Å². The zero-order chi connectivity index (χ0) is 19.7. The first kappa shape index (κ1) is 18.9. The zero-order valence-electron chi connectivity index (χ0n) is 14.5. The highest BCUT2D eigenvalue weighted by Gasteiger charge is 2.32. The molecule has 4 nitrogen and oxygen atoms in total. The molecule has 1 amide bonds. The van der Waals surface area contributed by atoms with E-state index in [0.29, 0.717) is 21.9 Å². The molecular weight excluding hydrogens is 375 g/mol. The van der Waals surface area contributed by atoms with E-state index in [0.717, 1.165) is 12.1 Å². The SMILES string of the molecule is CC1=C(C(=O)Nc2ccc(F)c(F)c2)C(c2ccc(F)cc2)NC(=S)N1C. The molecule has 2 aromatic rings. The van der Waals surface area contributed by atoms with Gasteiger partial charge in [-0.25, -0.2) is 13.2 Å². The van der Waals surface area contributed by atoms with E-state index in [1.165, 1.54) is 18.2 Å². The lowest BCUT2D eigenvalue weighted by molar-refractivity contribution is -0.113. The van der Waals surface area contributed by atoms with Gasteiger partial charge in [0.1, 0.15) is 5.82 Å². The van der Waals surface area contributed by atoms with Gasteiger partial charge in [-0.2, -0.15) is 0 Å². The molecule has 0 radical (unpaired) electrons. The Morgan fingerprint density at radius 2 is 1.78 bits per heavy atom. The number of halogens is 3. The first-order valence-electron chi connectivity index (χ1n) is 8.05. The van der Waals surface area contributed by atoms with E-state index in [-0.39, 0.29) is 5.69 Å². The quantitative estimate of drug-likeness (QED) is 0.780. The van der Waals surface area contributed by atoms with Gasteiger partial charge >= 0.3 is 0 Å². The maximum atomic E-state index is 13.4. The van der Waals surface area contributed by atoms with Crippen molar-refractivity contribution in [3.8, 4) is 0 Å². The molecule has 0 saturated carbocycles. The second-order valence-corrected chi connectivity index (χ2v) is 6.46. The average molecular weight is 391 g/mol. The van der Waals surface area contributed by atoms with Crippen LogP contribution in [0, 0.1) is 17.5 Å². The second-order valence-electron chi connectivity index (χ2n) is 6.08. The summed E-state index contributed by atoms with van der Waals surface area (Å²) in [6, 6.07) is 8.18. The van der Waals surface area contributed by atoms with Crippen LogP contribution < -0.4 is 10.6 Å². The Morgan fingerprint density at radius 3 is 2.41 bits per heavy atom. The summed E-state index contributed by atoms with van der Waals surface area (Å²) in [4.78, 5) is 14.5. The number of nitrogens with one attached hydrogen (secondary N) is 2. The van der Waals surface area contributed by atoms with Crippen molar-refractivity contribution in [3.05, 3.63) is 76.7 Å². The summed E-state index contributed by atoms with van der Waals surface area (Å²) in [5.41, 5.74) is 1.69. The van der Waals surface area contributed by atoms with Crippen LogP contribution in [0.1, 0.15) is 18.5 Å². The third-order valence-corrected chi connectivity index (χ3v) is 4.77. The number of nitrogens with zero attached hydrogens (tertiary/aromatic N) is 1. The van der Waals surface area contributed by atoms with Gasteiger partial charge in [-0.1, -0.05) is 12.1 Å². The summed E-state index contributed by atoms with van der Waals surface area (Å²) in [6.45, 7) is 1.73. The normalized spacial score (nSPS) is 17.0. The summed E-state index contributed by atoms with van der Waals surface area (Å²) < 4.78 is 39.8. The fourth-order valence-electron chi connectivity index (χ4n) is 2.81. The highest BCUT2D eigenvalue weighted by Crippen LogP contribution is 2.31. The van der Waals surface area contributed by atoms with Crippen molar-refractivity contribution in [1.29, 1.82) is 0 Å². The monoisotopic (exact) mass is 391 g/mol. The van der Waals surface area contributed by atoms with Gasteiger partial charge in [-0.05, 0) is 49.0 Å². The Morgan fingerprint density at radius 1 is 1.11 bits per heavy atom. The molecule has 1 aliphatic heterocycles. The van der Waals surface area contributed by atoms with Crippen LogP contribution in [-0.2, 0) is 4.79 Å². The Bertz CT molecular complexity index is 944. The maximum absolute atomic E-state index is 13.4. The maximum Gasteiger partial charge on any atom is 0.255 e. The van der Waals surface area contributed by atoms with Gasteiger partial charge in [0.25, 0.3) is 5.91 Å². The fourth-order valence-corrected chi connectivity index (χ4v) is 3.06. The molecule has 0 saturated heterocycles. The van der Waals surface area contributed by atoms with Gasteiger partial charge in [0, 0.05) is 24.5 Å². The Balaban J connectivity index is 1.98. The van der Waals surface area contributed by atoms with Crippen molar-refractivity contribution < 1.29 is 18.0 Å². The number of carbonyl (C=O) groups is 1. The number of carbonyl (C=O) groups excluding carboxylic acids is 1. The molecule has 0 fully saturated rings. The Hall–Kier alpha value is -2.87. The molecule has 8 heteroatoms. The lowest BCUT2D eigenvalue weighted by Gasteiger charge is -2.35. The summed E-state index contributed by atoms with van der Waals surface area (Å²) >= 11 is 5.29. The van der Waals surface area contributed by atoms with Crippen molar-refractivity contribution >= 4 is 28.9 Å². The van der Waals surface area contributed by atoms with Crippen LogP contribution in [0.3, 0.4) is 0 Å². The van der Waals surface area contributed by atoms with Crippen molar-refractivity contribution in [2.75, 3.05) is 12.4 Å². The first-order chi connectivity index (χ1) is 12.8. The molecule has 1 heterocycles. The van der Waals surface area contributed by atoms with Gasteiger partial charge < -0.3 is 15.5 Å². The van der Waals surface area contributed by atoms with Crippen molar-refractivity contribution in [2.24, 2.45) is 0 Å². The Kier molecular flexibility index (Phi) is 5.18. The molecule has 27 heavy (non-hydrogen) atoms. The molecule has 140 valence electrons. The number of hydrogen-bond acceptors (Lipinski definition) is 2. The largest absolute Gasteiger partial charge is 0.351 e. The van der Waals surface area contributed by atoms with E-state index in [1.54, 1.807) is 31.0 Å². The molecular formula is C19H16F3N3OS. The highest BCUT2D eigenvalue weighted by atomic mass is 32.1. The van der Waals surface area contributed by atoms with E-state index in [1.807, 2.05) is 0 Å². The summed E-state index contributed by atoms with van der Waals surface area (Å²) in [7, 11) is 1.70. The molecule has 2 N–H and O–H groups in total. The smallest absolute Gasteiger partial charge is 0.255 e. The summed E-state index contributed by atoms with van der Waals surface area (Å²) in [5, 5.41) is 6.03. The van der Waals surface area contributed by atoms with Crippen molar-refractivity contribution in [2.45, 2.75) is 13.0 Å². The van der Waals surface area contributed by atoms with Crippen molar-refractivity contribution in [3.63, 3.8) is 0 Å². The van der Waals surface area contributed by atoms with E-state index >= 15 is 0 Å². The van der Waals surface area contributed by atoms with Crippen LogP contribution in [0.15, 0.2) is 53.7 Å². The standard InChI is InChI=1S/C19H16F3N3OS/c1-10-16(18(26)23-13-7-8-14(21)15(22)9-13)17(24-19(27)25(10)2)11-3-5-12(20)6-4-11/h3-9,17H,1-2H3,(H,23,26)(H,24,27). The van der Waals surface area contributed by atoms with Gasteiger partial charge in [-0.15, -0.1) is 0 Å². The van der Waals surface area contributed by atoms with Gasteiger partial charge in [0.05, 0.1) is 11.6 Å². The molecule has 0 bridgehead atoms. The van der Waals surface area contributed by atoms with Gasteiger partial charge in [-0.3, -0.25) is 4.79 Å². The molecule has 1 atom stereocenters. The minimum absolute atomic E-state index is 0.118. The third kappa shape index (κ3) is 3.80. The second kappa shape index (κ2) is 7.40. The predicted octanol–water partition coefficient (Wildman–Crippen LogP) is 3.88. The molecule has 0 aromatic heterocycles. The number of rotatable bonds is 3. The minimum Gasteiger partial charge on any atom is -0.351 e. The third-order valence-electron chi connectivity index (χ3n) is 4.38. The Labute approximate surface area is 159 Å². The van der Waals surface area contributed by atoms with Crippen LogP contribution in [-0.4, -0.2) is 23.0 Å². The number of allylic oxidation sites excluding steroid dienone is 1. The van der Waals surface area contributed by atoms with E-state index in [9.17, 15) is 18.0 Å². The van der Waals surface area contributed by atoms with E-state index in [4.69, 9.17) is 12.2 Å². The molecule has 0 aliphatic carbocycles. The molecule has 1 aliphatic rings.